The maximum atomic E-state index is 13.4. The minimum absolute atomic E-state index is 0.116. The summed E-state index contributed by atoms with van der Waals surface area (Å²) in [6.07, 6.45) is 0.722. The Bertz CT molecular complexity index is 391. The van der Waals surface area contributed by atoms with Crippen molar-refractivity contribution in [2.45, 2.75) is 27.2 Å². The average molecular weight is 225 g/mol. The second-order valence-corrected chi connectivity index (χ2v) is 3.14. The van der Waals surface area contributed by atoms with Gasteiger partial charge in [-0.1, -0.05) is 20.8 Å². The van der Waals surface area contributed by atoms with Gasteiger partial charge in [-0.3, -0.25) is 4.79 Å². The number of amides is 1. The predicted molar refractivity (Wildman–Crippen MR) is 61.3 cm³/mol. The first kappa shape index (κ1) is 12.5. The van der Waals surface area contributed by atoms with E-state index in [2.05, 4.69) is 5.32 Å². The molecule has 1 aromatic carbocycles. The SMILES string of the molecule is CC.CCc1cc(F)c2c(c1)NC(=O)CO2. The lowest BCUT2D eigenvalue weighted by Gasteiger charge is -2.18. The van der Waals surface area contributed by atoms with Crippen LogP contribution in [0, 0.1) is 5.82 Å². The first-order valence-corrected chi connectivity index (χ1v) is 5.45. The van der Waals surface area contributed by atoms with Crippen molar-refractivity contribution >= 4 is 11.6 Å². The number of hydrogen-bond acceptors (Lipinski definition) is 2. The largest absolute Gasteiger partial charge is 0.478 e. The van der Waals surface area contributed by atoms with Gasteiger partial charge in [0.1, 0.15) is 0 Å². The number of halogens is 1. The molecule has 16 heavy (non-hydrogen) atoms. The number of benzene rings is 1. The molecule has 1 aromatic rings. The van der Waals surface area contributed by atoms with Crippen LogP contribution in [0.15, 0.2) is 12.1 Å². The van der Waals surface area contributed by atoms with Crippen LogP contribution < -0.4 is 10.1 Å². The summed E-state index contributed by atoms with van der Waals surface area (Å²) in [4.78, 5) is 11.0. The van der Waals surface area contributed by atoms with Crippen molar-refractivity contribution < 1.29 is 13.9 Å². The molecule has 0 radical (unpaired) electrons. The van der Waals surface area contributed by atoms with Crippen molar-refractivity contribution in [2.24, 2.45) is 0 Å². The molecule has 4 heteroatoms. The third-order valence-electron chi connectivity index (χ3n) is 2.13. The molecule has 0 saturated heterocycles. The van der Waals surface area contributed by atoms with Gasteiger partial charge in [0, 0.05) is 0 Å². The van der Waals surface area contributed by atoms with E-state index in [1.54, 1.807) is 6.07 Å². The second kappa shape index (κ2) is 5.49. The Balaban J connectivity index is 0.000000606. The number of hydrogen-bond donors (Lipinski definition) is 1. The molecule has 0 fully saturated rings. The summed E-state index contributed by atoms with van der Waals surface area (Å²) < 4.78 is 18.3. The van der Waals surface area contributed by atoms with Crippen LogP contribution >= 0.6 is 0 Å². The lowest BCUT2D eigenvalue weighted by Crippen LogP contribution is -2.26. The summed E-state index contributed by atoms with van der Waals surface area (Å²) in [6, 6.07) is 3.16. The molecule has 1 N–H and O–H groups in total. The van der Waals surface area contributed by atoms with Crippen molar-refractivity contribution in [1.29, 1.82) is 0 Å². The topological polar surface area (TPSA) is 38.3 Å². The first-order valence-electron chi connectivity index (χ1n) is 5.45. The van der Waals surface area contributed by atoms with Gasteiger partial charge in [0.05, 0.1) is 5.69 Å². The van der Waals surface area contributed by atoms with Crippen LogP contribution in [0.4, 0.5) is 10.1 Å². The van der Waals surface area contributed by atoms with E-state index < -0.39 is 5.82 Å². The van der Waals surface area contributed by atoms with Crippen molar-refractivity contribution in [1.82, 2.24) is 0 Å². The fraction of sp³-hybridized carbons (Fsp3) is 0.417. The highest BCUT2D eigenvalue weighted by atomic mass is 19.1. The Kier molecular flexibility index (Phi) is 4.28. The van der Waals surface area contributed by atoms with E-state index in [9.17, 15) is 9.18 Å². The van der Waals surface area contributed by atoms with Gasteiger partial charge >= 0.3 is 0 Å². The molecule has 1 aliphatic rings. The number of anilines is 1. The molecular formula is C12H16FNO2. The monoisotopic (exact) mass is 225 g/mol. The van der Waals surface area contributed by atoms with E-state index >= 15 is 0 Å². The number of rotatable bonds is 1. The average Bonchev–Trinajstić information content (AvgIpc) is 2.30. The first-order chi connectivity index (χ1) is 7.70. The van der Waals surface area contributed by atoms with Crippen molar-refractivity contribution in [3.63, 3.8) is 0 Å². The number of aryl methyl sites for hydroxylation is 1. The van der Waals surface area contributed by atoms with Crippen molar-refractivity contribution in [3.8, 4) is 5.75 Å². The number of carbonyl (C=O) groups is 1. The molecule has 88 valence electrons. The molecule has 1 amide bonds. The third kappa shape index (κ3) is 2.51. The Morgan fingerprint density at radius 1 is 1.44 bits per heavy atom. The molecule has 0 bridgehead atoms. The molecule has 0 aliphatic carbocycles. The van der Waals surface area contributed by atoms with Gasteiger partial charge in [-0.05, 0) is 24.1 Å². The summed E-state index contributed by atoms with van der Waals surface area (Å²) >= 11 is 0. The number of ether oxygens (including phenoxy) is 1. The Morgan fingerprint density at radius 2 is 2.12 bits per heavy atom. The van der Waals surface area contributed by atoms with Crippen LogP contribution in [0.3, 0.4) is 0 Å². The highest BCUT2D eigenvalue weighted by Gasteiger charge is 2.19. The summed E-state index contributed by atoms with van der Waals surface area (Å²) in [5.41, 5.74) is 1.27. The molecule has 1 heterocycles. The molecule has 3 nitrogen and oxygen atoms in total. The van der Waals surface area contributed by atoms with Gasteiger partial charge in [-0.25, -0.2) is 4.39 Å². The summed E-state index contributed by atoms with van der Waals surface area (Å²) in [6.45, 7) is 5.81. The third-order valence-corrected chi connectivity index (χ3v) is 2.13. The van der Waals surface area contributed by atoms with E-state index in [-0.39, 0.29) is 18.3 Å². The number of carbonyl (C=O) groups excluding carboxylic acids is 1. The number of fused-ring (bicyclic) bond motifs is 1. The molecular weight excluding hydrogens is 209 g/mol. The minimum Gasteiger partial charge on any atom is -0.478 e. The van der Waals surface area contributed by atoms with Crippen LogP contribution in [0.5, 0.6) is 5.75 Å². The van der Waals surface area contributed by atoms with E-state index in [4.69, 9.17) is 4.74 Å². The van der Waals surface area contributed by atoms with Gasteiger partial charge in [0.2, 0.25) is 0 Å². The fourth-order valence-electron chi connectivity index (χ4n) is 1.42. The maximum absolute atomic E-state index is 13.4. The summed E-state index contributed by atoms with van der Waals surface area (Å²) in [5.74, 6) is -0.522. The van der Waals surface area contributed by atoms with Gasteiger partial charge in [-0.15, -0.1) is 0 Å². The molecule has 0 saturated carbocycles. The van der Waals surface area contributed by atoms with Crippen LogP contribution in [0.2, 0.25) is 0 Å². The van der Waals surface area contributed by atoms with Crippen LogP contribution in [0.1, 0.15) is 26.3 Å². The molecule has 0 spiro atoms. The standard InChI is InChI=1S/C10H10FNO2.C2H6/c1-2-6-3-7(11)10-8(4-6)12-9(13)5-14-10;1-2/h3-4H,2,5H2,1H3,(H,12,13);1-2H3. The normalized spacial score (nSPS) is 12.9. The molecule has 0 atom stereocenters. The molecule has 2 rings (SSSR count). The van der Waals surface area contributed by atoms with E-state index in [0.29, 0.717) is 5.69 Å². The lowest BCUT2D eigenvalue weighted by molar-refractivity contribution is -0.118. The van der Waals surface area contributed by atoms with Gasteiger partial charge in [0.15, 0.2) is 18.2 Å². The maximum Gasteiger partial charge on any atom is 0.262 e. The highest BCUT2D eigenvalue weighted by molar-refractivity contribution is 5.95. The van der Waals surface area contributed by atoms with E-state index in [1.165, 1.54) is 6.07 Å². The zero-order chi connectivity index (χ0) is 12.1. The molecule has 0 unspecified atom stereocenters. The lowest BCUT2D eigenvalue weighted by atomic mass is 10.1. The predicted octanol–water partition coefficient (Wildman–Crippen LogP) is 2.75. The van der Waals surface area contributed by atoms with Crippen LogP contribution in [0.25, 0.3) is 0 Å². The molecule has 1 aliphatic heterocycles. The zero-order valence-electron chi connectivity index (χ0n) is 9.76. The Morgan fingerprint density at radius 3 is 2.75 bits per heavy atom. The van der Waals surface area contributed by atoms with Crippen molar-refractivity contribution in [2.75, 3.05) is 11.9 Å². The summed E-state index contributed by atoms with van der Waals surface area (Å²) in [5, 5.41) is 2.57. The fourth-order valence-corrected chi connectivity index (χ4v) is 1.42. The van der Waals surface area contributed by atoms with Gasteiger partial charge < -0.3 is 10.1 Å². The highest BCUT2D eigenvalue weighted by Crippen LogP contribution is 2.31. The Hall–Kier alpha value is -1.58. The van der Waals surface area contributed by atoms with Crippen LogP contribution in [-0.2, 0) is 11.2 Å². The summed E-state index contributed by atoms with van der Waals surface area (Å²) in [7, 11) is 0. The van der Waals surface area contributed by atoms with Gasteiger partial charge in [0.25, 0.3) is 5.91 Å². The van der Waals surface area contributed by atoms with E-state index in [1.807, 2.05) is 20.8 Å². The van der Waals surface area contributed by atoms with E-state index in [0.717, 1.165) is 12.0 Å². The van der Waals surface area contributed by atoms with Crippen molar-refractivity contribution in [3.05, 3.63) is 23.5 Å². The Labute approximate surface area is 94.6 Å². The van der Waals surface area contributed by atoms with Crippen LogP contribution in [-0.4, -0.2) is 12.5 Å². The minimum atomic E-state index is -0.417. The quantitative estimate of drug-likeness (QED) is 0.798. The molecule has 0 aromatic heterocycles. The number of nitrogens with one attached hydrogen (secondary N) is 1. The zero-order valence-corrected chi connectivity index (χ0v) is 9.76. The van der Waals surface area contributed by atoms with Gasteiger partial charge in [-0.2, -0.15) is 0 Å². The second-order valence-electron chi connectivity index (χ2n) is 3.14. The smallest absolute Gasteiger partial charge is 0.262 e.